The number of aryl methyl sites for hydroxylation is 1. The first-order valence-electron chi connectivity index (χ1n) is 11.3. The van der Waals surface area contributed by atoms with Gasteiger partial charge in [0.05, 0.1) is 5.56 Å². The van der Waals surface area contributed by atoms with Gasteiger partial charge in [-0.2, -0.15) is 0 Å². The fourth-order valence-electron chi connectivity index (χ4n) is 4.30. The lowest BCUT2D eigenvalue weighted by molar-refractivity contribution is -0.139. The molecule has 35 heavy (non-hydrogen) atoms. The maximum Gasteiger partial charge on any atom is 0.411 e. The van der Waals surface area contributed by atoms with E-state index in [0.29, 0.717) is 15.7 Å². The van der Waals surface area contributed by atoms with Gasteiger partial charge in [-0.1, -0.05) is 55.5 Å². The van der Waals surface area contributed by atoms with Crippen molar-refractivity contribution in [2.45, 2.75) is 32.2 Å². The highest BCUT2D eigenvalue weighted by Gasteiger charge is 2.29. The Labute approximate surface area is 211 Å². The third-order valence-corrected chi connectivity index (χ3v) is 6.81. The van der Waals surface area contributed by atoms with E-state index in [-0.39, 0.29) is 24.5 Å². The number of carbonyl (C=O) groups excluding carboxylic acids is 2. The molecule has 3 N–H and O–H groups in total. The zero-order chi connectivity index (χ0) is 25.1. The van der Waals surface area contributed by atoms with Crippen LogP contribution in [0, 0.1) is 6.92 Å². The van der Waals surface area contributed by atoms with E-state index in [4.69, 9.17) is 4.74 Å². The van der Waals surface area contributed by atoms with Crippen molar-refractivity contribution in [3.8, 4) is 11.1 Å². The number of fused-ring (bicyclic) bond motifs is 3. The second-order valence-corrected chi connectivity index (χ2v) is 9.22. The monoisotopic (exact) mass is 536 g/mol. The standard InChI is InChI=1S/C27H25BrN2O5/c1-3-23(26(32)33)29-25(31)20-13-24(15(2)12-22(20)28)30-27(34)35-14-21-18-10-6-4-8-16(18)17-9-5-7-11-19(17)21/h4-13,21,23H,3,14H2,1-2H3,(H,29,31)(H,30,34)(H,32,33). The number of hydrogen-bond acceptors (Lipinski definition) is 4. The van der Waals surface area contributed by atoms with Gasteiger partial charge in [-0.3, -0.25) is 10.1 Å². The fraction of sp³-hybridized carbons (Fsp3) is 0.222. The molecule has 0 heterocycles. The maximum absolute atomic E-state index is 12.7. The van der Waals surface area contributed by atoms with E-state index in [1.807, 2.05) is 36.4 Å². The first-order chi connectivity index (χ1) is 16.8. The van der Waals surface area contributed by atoms with Crippen LogP contribution in [-0.2, 0) is 9.53 Å². The van der Waals surface area contributed by atoms with Gasteiger partial charge >= 0.3 is 12.1 Å². The Hall–Kier alpha value is -3.65. The molecule has 0 radical (unpaired) electrons. The number of benzene rings is 3. The Bertz CT molecular complexity index is 1260. The summed E-state index contributed by atoms with van der Waals surface area (Å²) >= 11 is 3.35. The first kappa shape index (κ1) is 24.5. The summed E-state index contributed by atoms with van der Waals surface area (Å²) in [4.78, 5) is 36.7. The number of nitrogens with one attached hydrogen (secondary N) is 2. The average Bonchev–Trinajstić information content (AvgIpc) is 3.16. The molecule has 0 bridgehead atoms. The van der Waals surface area contributed by atoms with Gasteiger partial charge in [0.1, 0.15) is 12.6 Å². The topological polar surface area (TPSA) is 105 Å². The molecule has 7 nitrogen and oxygen atoms in total. The summed E-state index contributed by atoms with van der Waals surface area (Å²) in [7, 11) is 0. The van der Waals surface area contributed by atoms with E-state index < -0.39 is 24.0 Å². The molecule has 0 saturated heterocycles. The van der Waals surface area contributed by atoms with Crippen molar-refractivity contribution in [2.24, 2.45) is 0 Å². The number of halogens is 1. The van der Waals surface area contributed by atoms with Crippen LogP contribution in [0.25, 0.3) is 11.1 Å². The van der Waals surface area contributed by atoms with Gasteiger partial charge in [-0.25, -0.2) is 9.59 Å². The van der Waals surface area contributed by atoms with Crippen LogP contribution >= 0.6 is 15.9 Å². The fourth-order valence-corrected chi connectivity index (χ4v) is 4.94. The Morgan fingerprint density at radius 3 is 2.20 bits per heavy atom. The average molecular weight is 537 g/mol. The van der Waals surface area contributed by atoms with E-state index in [1.54, 1.807) is 19.9 Å². The lowest BCUT2D eigenvalue weighted by Gasteiger charge is -2.17. The van der Waals surface area contributed by atoms with Crippen molar-refractivity contribution in [2.75, 3.05) is 11.9 Å². The molecular weight excluding hydrogens is 512 g/mol. The second-order valence-electron chi connectivity index (χ2n) is 8.37. The smallest absolute Gasteiger partial charge is 0.411 e. The molecular formula is C27H25BrN2O5. The van der Waals surface area contributed by atoms with Crippen molar-refractivity contribution in [1.82, 2.24) is 5.32 Å². The second kappa shape index (κ2) is 10.3. The number of amides is 2. The molecule has 3 aromatic carbocycles. The highest BCUT2D eigenvalue weighted by atomic mass is 79.9. The van der Waals surface area contributed by atoms with Crippen LogP contribution in [0.15, 0.2) is 65.1 Å². The number of carboxylic acids is 1. The predicted octanol–water partition coefficient (Wildman–Crippen LogP) is 5.71. The van der Waals surface area contributed by atoms with Gasteiger partial charge in [-0.15, -0.1) is 0 Å². The summed E-state index contributed by atoms with van der Waals surface area (Å²) in [6.45, 7) is 3.63. The molecule has 0 fully saturated rings. The van der Waals surface area contributed by atoms with E-state index in [0.717, 1.165) is 22.3 Å². The van der Waals surface area contributed by atoms with Crippen LogP contribution in [0.4, 0.5) is 10.5 Å². The molecule has 0 aliphatic heterocycles. The van der Waals surface area contributed by atoms with Gasteiger partial charge in [0.2, 0.25) is 0 Å². The van der Waals surface area contributed by atoms with E-state index in [1.165, 1.54) is 6.07 Å². The SMILES string of the molecule is CCC(NC(=O)c1cc(NC(=O)OCC2c3ccccc3-c3ccccc32)c(C)cc1Br)C(=O)O. The third kappa shape index (κ3) is 5.07. The summed E-state index contributed by atoms with van der Waals surface area (Å²) in [5.74, 6) is -1.73. The molecule has 2 amide bonds. The molecule has 0 spiro atoms. The quantitative estimate of drug-likeness (QED) is 0.358. The van der Waals surface area contributed by atoms with Crippen molar-refractivity contribution in [1.29, 1.82) is 0 Å². The van der Waals surface area contributed by atoms with Crippen molar-refractivity contribution in [3.63, 3.8) is 0 Å². The molecule has 8 heteroatoms. The number of carbonyl (C=O) groups is 3. The van der Waals surface area contributed by atoms with Gasteiger partial charge < -0.3 is 15.2 Å². The normalized spacial score (nSPS) is 12.9. The van der Waals surface area contributed by atoms with E-state index in [2.05, 4.69) is 38.7 Å². The number of carboxylic acid groups (broad SMARTS) is 1. The minimum atomic E-state index is -1.11. The molecule has 1 unspecified atom stereocenters. The first-order valence-corrected chi connectivity index (χ1v) is 12.0. The Balaban J connectivity index is 1.48. The van der Waals surface area contributed by atoms with Crippen molar-refractivity contribution < 1.29 is 24.2 Å². The molecule has 180 valence electrons. The number of aliphatic carboxylic acids is 1. The summed E-state index contributed by atoms with van der Waals surface area (Å²) in [6, 6.07) is 18.4. The third-order valence-electron chi connectivity index (χ3n) is 6.15. The number of hydrogen-bond donors (Lipinski definition) is 3. The summed E-state index contributed by atoms with van der Waals surface area (Å²) in [6.07, 6.45) is -0.393. The Morgan fingerprint density at radius 2 is 1.63 bits per heavy atom. The number of rotatable bonds is 7. The molecule has 4 rings (SSSR count). The van der Waals surface area contributed by atoms with Crippen molar-refractivity contribution in [3.05, 3.63) is 87.4 Å². The van der Waals surface area contributed by atoms with Crippen LogP contribution in [-0.4, -0.2) is 35.7 Å². The van der Waals surface area contributed by atoms with Crippen LogP contribution in [0.5, 0.6) is 0 Å². The van der Waals surface area contributed by atoms with Gasteiger partial charge in [0.15, 0.2) is 0 Å². The van der Waals surface area contributed by atoms with E-state index in [9.17, 15) is 19.5 Å². The summed E-state index contributed by atoms with van der Waals surface area (Å²) in [5, 5.41) is 14.4. The summed E-state index contributed by atoms with van der Waals surface area (Å²) in [5.41, 5.74) is 5.84. The largest absolute Gasteiger partial charge is 0.480 e. The van der Waals surface area contributed by atoms with Crippen molar-refractivity contribution >= 4 is 39.6 Å². The lowest BCUT2D eigenvalue weighted by Crippen LogP contribution is -2.40. The highest BCUT2D eigenvalue weighted by Crippen LogP contribution is 2.44. The zero-order valence-electron chi connectivity index (χ0n) is 19.3. The Morgan fingerprint density at radius 1 is 1.03 bits per heavy atom. The Kier molecular flexibility index (Phi) is 7.21. The lowest BCUT2D eigenvalue weighted by atomic mass is 9.98. The van der Waals surface area contributed by atoms with Crippen LogP contribution in [0.1, 0.15) is 46.3 Å². The minimum Gasteiger partial charge on any atom is -0.480 e. The van der Waals surface area contributed by atoms with Crippen LogP contribution in [0.2, 0.25) is 0 Å². The van der Waals surface area contributed by atoms with Gasteiger partial charge in [0.25, 0.3) is 5.91 Å². The van der Waals surface area contributed by atoms with Crippen LogP contribution in [0.3, 0.4) is 0 Å². The molecule has 0 saturated carbocycles. The predicted molar refractivity (Wildman–Crippen MR) is 137 cm³/mol. The molecule has 0 aromatic heterocycles. The number of anilines is 1. The number of ether oxygens (including phenoxy) is 1. The molecule has 3 aromatic rings. The highest BCUT2D eigenvalue weighted by molar-refractivity contribution is 9.10. The molecule has 1 aliphatic rings. The summed E-state index contributed by atoms with van der Waals surface area (Å²) < 4.78 is 6.09. The maximum atomic E-state index is 12.7. The van der Waals surface area contributed by atoms with Gasteiger partial charge in [0, 0.05) is 16.1 Å². The molecule has 1 aliphatic carbocycles. The zero-order valence-corrected chi connectivity index (χ0v) is 20.9. The van der Waals surface area contributed by atoms with Gasteiger partial charge in [-0.05, 0) is 69.2 Å². The van der Waals surface area contributed by atoms with E-state index >= 15 is 0 Å². The van der Waals surface area contributed by atoms with Crippen LogP contribution < -0.4 is 10.6 Å². The minimum absolute atomic E-state index is 0.0671. The molecule has 1 atom stereocenters.